The fourth-order valence-corrected chi connectivity index (χ4v) is 1.46. The molecule has 1 aromatic rings. The van der Waals surface area contributed by atoms with Crippen LogP contribution in [0, 0.1) is 3.57 Å². The van der Waals surface area contributed by atoms with Crippen molar-refractivity contribution in [2.24, 2.45) is 0 Å². The highest BCUT2D eigenvalue weighted by Crippen LogP contribution is 2.25. The molecule has 0 atom stereocenters. The number of nitrogens with one attached hydrogen (secondary N) is 1. The summed E-state index contributed by atoms with van der Waals surface area (Å²) < 4.78 is 5.67. The number of halogens is 2. The van der Waals surface area contributed by atoms with E-state index in [-0.39, 0.29) is 11.4 Å². The van der Waals surface area contributed by atoms with Gasteiger partial charge >= 0.3 is 6.09 Å². The van der Waals surface area contributed by atoms with E-state index in [1.54, 1.807) is 6.07 Å². The molecule has 0 fully saturated rings. The Morgan fingerprint density at radius 1 is 1.56 bits per heavy atom. The lowest BCUT2D eigenvalue weighted by molar-refractivity contribution is 0.188. The number of carbonyl (C=O) groups is 1. The zero-order chi connectivity index (χ0) is 12.3. The summed E-state index contributed by atoms with van der Waals surface area (Å²) in [6.07, 6.45) is 0.949. The molecule has 1 rings (SSSR count). The highest BCUT2D eigenvalue weighted by Gasteiger charge is 2.17. The Labute approximate surface area is 113 Å². The van der Waals surface area contributed by atoms with Crippen LogP contribution in [0.15, 0.2) is 12.3 Å². The zero-order valence-corrected chi connectivity index (χ0v) is 12.1. The fraction of sp³-hybridized carbons (Fsp3) is 0.400. The van der Waals surface area contributed by atoms with Crippen LogP contribution in [-0.4, -0.2) is 16.6 Å². The third kappa shape index (κ3) is 4.13. The standard InChI is InChI=1S/C10H12ClIN2O2/c1-10(2,3)14-9(15)16-8-7(12)6(11)4-5-13-8/h4-5H,1-3H3,(H,14,15). The van der Waals surface area contributed by atoms with E-state index in [1.165, 1.54) is 6.20 Å². The molecule has 0 aliphatic heterocycles. The van der Waals surface area contributed by atoms with E-state index in [0.29, 0.717) is 8.59 Å². The maximum absolute atomic E-state index is 11.5. The summed E-state index contributed by atoms with van der Waals surface area (Å²) in [5, 5.41) is 3.18. The molecular formula is C10H12ClIN2O2. The van der Waals surface area contributed by atoms with Crippen molar-refractivity contribution in [3.8, 4) is 5.88 Å². The molecule has 0 unspecified atom stereocenters. The first kappa shape index (κ1) is 13.5. The normalized spacial score (nSPS) is 11.1. The number of amides is 1. The van der Waals surface area contributed by atoms with Crippen LogP contribution in [0.4, 0.5) is 4.79 Å². The van der Waals surface area contributed by atoms with Gasteiger partial charge in [-0.1, -0.05) is 11.6 Å². The molecule has 88 valence electrons. The minimum absolute atomic E-state index is 0.217. The fourth-order valence-electron chi connectivity index (χ4n) is 0.893. The molecule has 0 aromatic carbocycles. The molecule has 0 spiro atoms. The molecule has 0 aliphatic carbocycles. The van der Waals surface area contributed by atoms with Crippen molar-refractivity contribution in [3.63, 3.8) is 0 Å². The number of hydrogen-bond donors (Lipinski definition) is 1. The molecule has 0 radical (unpaired) electrons. The second kappa shape index (κ2) is 5.18. The van der Waals surface area contributed by atoms with Crippen LogP contribution in [0.2, 0.25) is 5.02 Å². The smallest absolute Gasteiger partial charge is 0.390 e. The van der Waals surface area contributed by atoms with Crippen molar-refractivity contribution < 1.29 is 9.53 Å². The SMILES string of the molecule is CC(C)(C)NC(=O)Oc1nccc(Cl)c1I. The lowest BCUT2D eigenvalue weighted by Gasteiger charge is -2.19. The number of ether oxygens (including phenoxy) is 1. The van der Waals surface area contributed by atoms with E-state index in [4.69, 9.17) is 16.3 Å². The summed E-state index contributed by atoms with van der Waals surface area (Å²) in [7, 11) is 0. The molecule has 6 heteroatoms. The quantitative estimate of drug-likeness (QED) is 0.788. The van der Waals surface area contributed by atoms with E-state index in [9.17, 15) is 4.79 Å². The Kier molecular flexibility index (Phi) is 4.37. The van der Waals surface area contributed by atoms with E-state index in [2.05, 4.69) is 10.3 Å². The van der Waals surface area contributed by atoms with Gasteiger partial charge < -0.3 is 10.1 Å². The number of pyridine rings is 1. The summed E-state index contributed by atoms with van der Waals surface area (Å²) in [6.45, 7) is 5.60. The molecule has 16 heavy (non-hydrogen) atoms. The van der Waals surface area contributed by atoms with Gasteiger partial charge in [0.15, 0.2) is 0 Å². The van der Waals surface area contributed by atoms with Crippen LogP contribution in [0.1, 0.15) is 20.8 Å². The van der Waals surface area contributed by atoms with Gasteiger partial charge in [0.2, 0.25) is 5.88 Å². The van der Waals surface area contributed by atoms with Crippen molar-refractivity contribution in [2.45, 2.75) is 26.3 Å². The monoisotopic (exact) mass is 354 g/mol. The molecule has 4 nitrogen and oxygen atoms in total. The number of carbonyl (C=O) groups excluding carboxylic acids is 1. The Morgan fingerprint density at radius 3 is 2.75 bits per heavy atom. The Bertz CT molecular complexity index is 404. The van der Waals surface area contributed by atoms with Crippen LogP contribution in [0.25, 0.3) is 0 Å². The van der Waals surface area contributed by atoms with Gasteiger partial charge in [0.1, 0.15) is 0 Å². The minimum atomic E-state index is -0.541. The molecule has 1 N–H and O–H groups in total. The molecule has 0 saturated carbocycles. The van der Waals surface area contributed by atoms with Gasteiger partial charge in [-0.3, -0.25) is 0 Å². The van der Waals surface area contributed by atoms with Gasteiger partial charge in [0.05, 0.1) is 8.59 Å². The van der Waals surface area contributed by atoms with Crippen molar-refractivity contribution in [1.82, 2.24) is 10.3 Å². The summed E-state index contributed by atoms with van der Waals surface area (Å²) in [5.74, 6) is 0.217. The Hall–Kier alpha value is -0.560. The number of rotatable bonds is 1. The van der Waals surface area contributed by atoms with Crippen LogP contribution >= 0.6 is 34.2 Å². The van der Waals surface area contributed by atoms with Crippen molar-refractivity contribution in [1.29, 1.82) is 0 Å². The van der Waals surface area contributed by atoms with Crippen molar-refractivity contribution in [3.05, 3.63) is 20.9 Å². The van der Waals surface area contributed by atoms with Crippen molar-refractivity contribution >= 4 is 40.3 Å². The molecule has 0 bridgehead atoms. The number of hydrogen-bond acceptors (Lipinski definition) is 3. The third-order valence-electron chi connectivity index (χ3n) is 1.48. The Morgan fingerprint density at radius 2 is 2.19 bits per heavy atom. The lowest BCUT2D eigenvalue weighted by Crippen LogP contribution is -2.42. The summed E-state index contributed by atoms with van der Waals surface area (Å²) in [4.78, 5) is 15.4. The van der Waals surface area contributed by atoms with Crippen molar-refractivity contribution in [2.75, 3.05) is 0 Å². The predicted octanol–water partition coefficient (Wildman–Crippen LogP) is 3.23. The maximum Gasteiger partial charge on any atom is 0.414 e. The topological polar surface area (TPSA) is 51.2 Å². The molecule has 1 amide bonds. The molecule has 1 heterocycles. The van der Waals surface area contributed by atoms with E-state index >= 15 is 0 Å². The highest BCUT2D eigenvalue weighted by molar-refractivity contribution is 14.1. The molecule has 1 aromatic heterocycles. The average molecular weight is 355 g/mol. The summed E-state index contributed by atoms with van der Waals surface area (Å²) >= 11 is 7.85. The minimum Gasteiger partial charge on any atom is -0.390 e. The summed E-state index contributed by atoms with van der Waals surface area (Å²) in [6, 6.07) is 1.64. The summed E-state index contributed by atoms with van der Waals surface area (Å²) in [5.41, 5.74) is -0.346. The van der Waals surface area contributed by atoms with Gasteiger partial charge in [-0.25, -0.2) is 9.78 Å². The largest absolute Gasteiger partial charge is 0.414 e. The second-order valence-corrected chi connectivity index (χ2v) is 5.66. The van der Waals surface area contributed by atoms with Crippen LogP contribution < -0.4 is 10.1 Å². The third-order valence-corrected chi connectivity index (χ3v) is 3.15. The van der Waals surface area contributed by atoms with Gasteiger partial charge in [-0.05, 0) is 49.4 Å². The first-order valence-electron chi connectivity index (χ1n) is 4.59. The number of aromatic nitrogens is 1. The predicted molar refractivity (Wildman–Crippen MR) is 70.9 cm³/mol. The number of nitrogens with zero attached hydrogens (tertiary/aromatic N) is 1. The molecule has 0 saturated heterocycles. The maximum atomic E-state index is 11.5. The average Bonchev–Trinajstić information content (AvgIpc) is 2.09. The highest BCUT2D eigenvalue weighted by atomic mass is 127. The van der Waals surface area contributed by atoms with Gasteiger partial charge in [0.25, 0.3) is 0 Å². The van der Waals surface area contributed by atoms with Gasteiger partial charge in [-0.15, -0.1) is 0 Å². The molecule has 0 aliphatic rings. The van der Waals surface area contributed by atoms with Gasteiger partial charge in [-0.2, -0.15) is 0 Å². The van der Waals surface area contributed by atoms with E-state index < -0.39 is 6.09 Å². The first-order valence-corrected chi connectivity index (χ1v) is 6.05. The second-order valence-electron chi connectivity index (χ2n) is 4.18. The van der Waals surface area contributed by atoms with Crippen LogP contribution in [0.3, 0.4) is 0 Å². The zero-order valence-electron chi connectivity index (χ0n) is 9.17. The van der Waals surface area contributed by atoms with Gasteiger partial charge in [0, 0.05) is 11.7 Å². The molecular weight excluding hydrogens is 342 g/mol. The van der Waals surface area contributed by atoms with E-state index in [0.717, 1.165) is 0 Å². The van der Waals surface area contributed by atoms with E-state index in [1.807, 2.05) is 43.4 Å². The first-order chi connectivity index (χ1) is 7.29. The van der Waals surface area contributed by atoms with Crippen LogP contribution in [-0.2, 0) is 0 Å². The lowest BCUT2D eigenvalue weighted by atomic mass is 10.1. The van der Waals surface area contributed by atoms with Crippen LogP contribution in [0.5, 0.6) is 5.88 Å². The Balaban J connectivity index is 2.74.